The lowest BCUT2D eigenvalue weighted by molar-refractivity contribution is -0.139. The van der Waals surface area contributed by atoms with Crippen molar-refractivity contribution in [2.45, 2.75) is 72.3 Å². The highest BCUT2D eigenvalue weighted by Gasteiger charge is 2.33. The third-order valence-corrected chi connectivity index (χ3v) is 7.98. The second-order valence-corrected chi connectivity index (χ2v) is 13.0. The molecule has 0 radical (unpaired) electrons. The van der Waals surface area contributed by atoms with Gasteiger partial charge >= 0.3 is 5.97 Å². The largest absolute Gasteiger partial charge is 0.507 e. The van der Waals surface area contributed by atoms with E-state index in [1.54, 1.807) is 25.5 Å². The van der Waals surface area contributed by atoms with Crippen LogP contribution in [-0.2, 0) is 20.4 Å². The van der Waals surface area contributed by atoms with Gasteiger partial charge in [-0.3, -0.25) is 9.36 Å². The van der Waals surface area contributed by atoms with E-state index in [1.165, 1.54) is 11.3 Å². The maximum Gasteiger partial charge on any atom is 0.338 e. The molecule has 0 saturated carbocycles. The Hall–Kier alpha value is -3.65. The summed E-state index contributed by atoms with van der Waals surface area (Å²) < 4.78 is 12.8. The Morgan fingerprint density at radius 3 is 2.15 bits per heavy atom. The van der Waals surface area contributed by atoms with Gasteiger partial charge in [-0.2, -0.15) is 0 Å². The number of esters is 1. The minimum atomic E-state index is -0.696. The number of aromatic nitrogens is 1. The van der Waals surface area contributed by atoms with Crippen molar-refractivity contribution in [2.24, 2.45) is 4.99 Å². The lowest BCUT2D eigenvalue weighted by Gasteiger charge is -2.27. The second-order valence-electron chi connectivity index (χ2n) is 12.0. The van der Waals surface area contributed by atoms with Crippen LogP contribution in [0.4, 0.5) is 0 Å². The Labute approximate surface area is 239 Å². The van der Waals surface area contributed by atoms with E-state index in [2.05, 4.69) is 46.5 Å². The minimum absolute atomic E-state index is 0.211. The number of carbonyl (C=O) groups is 1. The van der Waals surface area contributed by atoms with Gasteiger partial charge in [0.15, 0.2) is 4.80 Å². The Morgan fingerprint density at radius 2 is 1.65 bits per heavy atom. The summed E-state index contributed by atoms with van der Waals surface area (Å²) in [6, 6.07) is 10.5. The Kier molecular flexibility index (Phi) is 7.87. The molecule has 0 bridgehead atoms. The van der Waals surface area contributed by atoms with Gasteiger partial charge in [-0.1, -0.05) is 65.0 Å². The van der Waals surface area contributed by atoms with Gasteiger partial charge in [0.05, 0.1) is 35.6 Å². The van der Waals surface area contributed by atoms with Gasteiger partial charge in [0, 0.05) is 11.1 Å². The zero-order valence-corrected chi connectivity index (χ0v) is 25.5. The SMILES string of the molecule is CCOC(=O)C1=C(C)N=c2s/c(=C/c3cc(C(C)(C)C)c(O)c(C(C)(C)C)c3)c(=O)n2[C@H]1c1ccc(OC)cc1. The maximum absolute atomic E-state index is 14.0. The van der Waals surface area contributed by atoms with Crippen LogP contribution in [0, 0.1) is 0 Å². The Balaban J connectivity index is 1.98. The number of methoxy groups -OCH3 is 1. The van der Waals surface area contributed by atoms with Crippen LogP contribution in [0.15, 0.2) is 57.5 Å². The first-order valence-electron chi connectivity index (χ1n) is 13.4. The standard InChI is InChI=1S/C32H38N2O5S/c1-10-39-29(37)25-18(2)33-30-34(26(25)20-11-13-21(38-9)14-12-20)28(36)24(40-30)17-19-15-22(31(3,4)5)27(35)23(16-19)32(6,7)8/h11-17,26,35H,10H2,1-9H3/b24-17+/t26-/m0/s1. The number of hydrogen-bond acceptors (Lipinski definition) is 7. The molecule has 1 atom stereocenters. The van der Waals surface area contributed by atoms with E-state index in [9.17, 15) is 14.7 Å². The van der Waals surface area contributed by atoms with Gasteiger partial charge in [-0.15, -0.1) is 0 Å². The molecule has 1 N–H and O–H groups in total. The molecule has 0 amide bonds. The molecule has 4 rings (SSSR count). The molecule has 40 heavy (non-hydrogen) atoms. The highest BCUT2D eigenvalue weighted by atomic mass is 32.1. The summed E-state index contributed by atoms with van der Waals surface area (Å²) in [5.41, 5.74) is 3.19. The predicted octanol–water partition coefficient (Wildman–Crippen LogP) is 5.11. The first-order valence-corrected chi connectivity index (χ1v) is 14.2. The molecule has 0 aliphatic carbocycles. The zero-order chi connectivity index (χ0) is 29.6. The van der Waals surface area contributed by atoms with Crippen LogP contribution in [0.25, 0.3) is 6.08 Å². The van der Waals surface area contributed by atoms with Crippen LogP contribution in [0.3, 0.4) is 0 Å². The maximum atomic E-state index is 14.0. The average Bonchev–Trinajstić information content (AvgIpc) is 3.17. The molecule has 1 aliphatic rings. The summed E-state index contributed by atoms with van der Waals surface area (Å²) in [5, 5.41) is 11.1. The number of fused-ring (bicyclic) bond motifs is 1. The molecule has 0 unspecified atom stereocenters. The normalized spacial score (nSPS) is 16.0. The molecule has 2 heterocycles. The van der Waals surface area contributed by atoms with Crippen molar-refractivity contribution in [1.29, 1.82) is 0 Å². The number of phenolic OH excluding ortho intramolecular Hbond substituents is 1. The Bertz CT molecular complexity index is 1630. The van der Waals surface area contributed by atoms with Crippen molar-refractivity contribution in [1.82, 2.24) is 4.57 Å². The number of allylic oxidation sites excluding steroid dienone is 1. The van der Waals surface area contributed by atoms with Crippen molar-refractivity contribution >= 4 is 23.4 Å². The number of phenols is 1. The van der Waals surface area contributed by atoms with Gasteiger partial charge < -0.3 is 14.6 Å². The van der Waals surface area contributed by atoms with Crippen molar-refractivity contribution in [3.05, 3.63) is 89.6 Å². The highest BCUT2D eigenvalue weighted by molar-refractivity contribution is 7.07. The van der Waals surface area contributed by atoms with Gasteiger partial charge in [-0.05, 0) is 66.1 Å². The summed E-state index contributed by atoms with van der Waals surface area (Å²) >= 11 is 1.28. The fourth-order valence-corrected chi connectivity index (χ4v) is 5.97. The number of nitrogens with zero attached hydrogens (tertiary/aromatic N) is 2. The van der Waals surface area contributed by atoms with E-state index in [0.29, 0.717) is 26.4 Å². The lowest BCUT2D eigenvalue weighted by Crippen LogP contribution is -2.39. The van der Waals surface area contributed by atoms with E-state index in [1.807, 2.05) is 42.5 Å². The monoisotopic (exact) mass is 562 g/mol. The number of carbonyl (C=O) groups excluding carboxylic acids is 1. The topological polar surface area (TPSA) is 90.1 Å². The molecule has 1 aromatic heterocycles. The number of rotatable bonds is 5. The van der Waals surface area contributed by atoms with Crippen LogP contribution in [-0.4, -0.2) is 29.4 Å². The van der Waals surface area contributed by atoms with Gasteiger partial charge in [0.2, 0.25) is 0 Å². The number of thiazole rings is 1. The third-order valence-electron chi connectivity index (χ3n) is 6.99. The summed E-state index contributed by atoms with van der Waals surface area (Å²) in [5.74, 6) is 0.459. The van der Waals surface area contributed by atoms with Crippen molar-refractivity contribution in [2.75, 3.05) is 13.7 Å². The molecule has 1 aliphatic heterocycles. The van der Waals surface area contributed by atoms with E-state index in [-0.39, 0.29) is 28.7 Å². The first kappa shape index (κ1) is 29.3. The van der Waals surface area contributed by atoms with Crippen LogP contribution in [0.2, 0.25) is 0 Å². The molecule has 0 fully saturated rings. The average molecular weight is 563 g/mol. The summed E-state index contributed by atoms with van der Waals surface area (Å²) in [4.78, 5) is 32.3. The third kappa shape index (κ3) is 5.50. The fraction of sp³-hybridized carbons (Fsp3) is 0.406. The molecule has 3 aromatic rings. The van der Waals surface area contributed by atoms with Crippen molar-refractivity contribution < 1.29 is 19.4 Å². The number of hydrogen-bond donors (Lipinski definition) is 1. The lowest BCUT2D eigenvalue weighted by atomic mass is 9.78. The quantitative estimate of drug-likeness (QED) is 0.437. The van der Waals surface area contributed by atoms with E-state index < -0.39 is 12.0 Å². The van der Waals surface area contributed by atoms with E-state index in [4.69, 9.17) is 9.47 Å². The summed E-state index contributed by atoms with van der Waals surface area (Å²) in [7, 11) is 1.59. The first-order chi connectivity index (χ1) is 18.7. The summed E-state index contributed by atoms with van der Waals surface area (Å²) in [6.45, 7) is 16.1. The van der Waals surface area contributed by atoms with Crippen molar-refractivity contribution in [3.8, 4) is 11.5 Å². The van der Waals surface area contributed by atoms with E-state index >= 15 is 0 Å². The second kappa shape index (κ2) is 10.7. The molecular weight excluding hydrogens is 524 g/mol. The van der Waals surface area contributed by atoms with Gasteiger partial charge in [-0.25, -0.2) is 9.79 Å². The van der Waals surface area contributed by atoms with Crippen LogP contribution in [0.1, 0.15) is 83.7 Å². The molecule has 212 valence electrons. The zero-order valence-electron chi connectivity index (χ0n) is 24.7. The molecule has 7 nitrogen and oxygen atoms in total. The van der Waals surface area contributed by atoms with Crippen LogP contribution >= 0.6 is 11.3 Å². The van der Waals surface area contributed by atoms with Crippen molar-refractivity contribution in [3.63, 3.8) is 0 Å². The summed E-state index contributed by atoms with van der Waals surface area (Å²) in [6.07, 6.45) is 1.85. The molecule has 0 spiro atoms. The number of aromatic hydroxyl groups is 1. The highest BCUT2D eigenvalue weighted by Crippen LogP contribution is 2.40. The van der Waals surface area contributed by atoms with Crippen LogP contribution in [0.5, 0.6) is 11.5 Å². The molecular formula is C32H38N2O5S. The predicted molar refractivity (Wildman–Crippen MR) is 159 cm³/mol. The van der Waals surface area contributed by atoms with Crippen LogP contribution < -0.4 is 19.6 Å². The number of benzene rings is 2. The Morgan fingerprint density at radius 1 is 1.07 bits per heavy atom. The smallest absolute Gasteiger partial charge is 0.338 e. The van der Waals surface area contributed by atoms with Gasteiger partial charge in [0.1, 0.15) is 11.5 Å². The minimum Gasteiger partial charge on any atom is -0.507 e. The molecule has 8 heteroatoms. The molecule has 0 saturated heterocycles. The molecule has 2 aromatic carbocycles. The van der Waals surface area contributed by atoms with E-state index in [0.717, 1.165) is 22.3 Å². The fourth-order valence-electron chi connectivity index (χ4n) is 4.93. The van der Waals surface area contributed by atoms with Gasteiger partial charge in [0.25, 0.3) is 5.56 Å². The number of ether oxygens (including phenoxy) is 2.